The van der Waals surface area contributed by atoms with Crippen LogP contribution in [-0.4, -0.2) is 44.7 Å². The van der Waals surface area contributed by atoms with E-state index < -0.39 is 34.0 Å². The summed E-state index contributed by atoms with van der Waals surface area (Å²) in [5.41, 5.74) is 8.08. The quantitative estimate of drug-likeness (QED) is 0.356. The zero-order valence-electron chi connectivity index (χ0n) is 19.1. The number of nitrogen functional groups attached to an aromatic ring is 1. The number of sulfone groups is 1. The number of anilines is 2. The van der Waals surface area contributed by atoms with Crippen LogP contribution < -0.4 is 16.0 Å². The summed E-state index contributed by atoms with van der Waals surface area (Å²) < 4.78 is 29.6. The topological polar surface area (TPSA) is 143 Å². The molecule has 1 saturated heterocycles. The van der Waals surface area contributed by atoms with Crippen LogP contribution in [0.5, 0.6) is 0 Å². The Morgan fingerprint density at radius 3 is 2.40 bits per heavy atom. The molecule has 10 heteroatoms. The van der Waals surface area contributed by atoms with Gasteiger partial charge < -0.3 is 15.8 Å². The fourth-order valence-corrected chi connectivity index (χ4v) is 4.91. The second-order valence-electron chi connectivity index (χ2n) is 8.20. The van der Waals surface area contributed by atoms with Crippen LogP contribution in [0.25, 0.3) is 11.1 Å². The third-order valence-corrected chi connectivity index (χ3v) is 6.82. The molecule has 0 spiro atoms. The van der Waals surface area contributed by atoms with Crippen molar-refractivity contribution in [1.29, 1.82) is 5.41 Å². The van der Waals surface area contributed by atoms with Gasteiger partial charge in [0.1, 0.15) is 11.9 Å². The highest BCUT2D eigenvalue weighted by Gasteiger charge is 2.45. The van der Waals surface area contributed by atoms with Gasteiger partial charge in [0.2, 0.25) is 0 Å². The molecule has 1 heterocycles. The lowest BCUT2D eigenvalue weighted by Crippen LogP contribution is -2.45. The van der Waals surface area contributed by atoms with E-state index in [1.807, 2.05) is 0 Å². The Balaban J connectivity index is 1.58. The fourth-order valence-electron chi connectivity index (χ4n) is 4.00. The molecule has 1 aliphatic heterocycles. The maximum Gasteiger partial charge on any atom is 0.415 e. The largest absolute Gasteiger partial charge is 0.443 e. The van der Waals surface area contributed by atoms with Gasteiger partial charge in [-0.15, -0.1) is 0 Å². The number of benzene rings is 3. The Morgan fingerprint density at radius 1 is 1.06 bits per heavy atom. The second kappa shape index (κ2) is 9.22. The van der Waals surface area contributed by atoms with Gasteiger partial charge in [-0.3, -0.25) is 15.1 Å². The summed E-state index contributed by atoms with van der Waals surface area (Å²) in [6.45, 7) is 1.63. The van der Waals surface area contributed by atoms with Crippen molar-refractivity contribution in [3.63, 3.8) is 0 Å². The highest BCUT2D eigenvalue weighted by molar-refractivity contribution is 7.90. The van der Waals surface area contributed by atoms with E-state index in [-0.39, 0.29) is 10.7 Å². The average Bonchev–Trinajstić information content (AvgIpc) is 3.12. The lowest BCUT2D eigenvalue weighted by molar-refractivity contribution is -0.118. The summed E-state index contributed by atoms with van der Waals surface area (Å²) >= 11 is 0. The summed E-state index contributed by atoms with van der Waals surface area (Å²) in [7, 11) is -3.42. The SMILES string of the molecule is CC1OC(=O)N(c2cccc(C(=N)N)c2)C1C(=O)Nc1ccc(-c2ccccc2S(C)(=O)=O)cc1. The van der Waals surface area contributed by atoms with Crippen LogP contribution in [-0.2, 0) is 19.4 Å². The van der Waals surface area contributed by atoms with Crippen molar-refractivity contribution in [2.75, 3.05) is 16.5 Å². The first-order chi connectivity index (χ1) is 16.6. The van der Waals surface area contributed by atoms with Crippen LogP contribution in [0.2, 0.25) is 0 Å². The van der Waals surface area contributed by atoms with Crippen LogP contribution >= 0.6 is 0 Å². The van der Waals surface area contributed by atoms with Gasteiger partial charge in [-0.25, -0.2) is 13.2 Å². The summed E-state index contributed by atoms with van der Waals surface area (Å²) in [6.07, 6.45) is -0.236. The van der Waals surface area contributed by atoms with Crippen LogP contribution in [0, 0.1) is 5.41 Å². The second-order valence-corrected chi connectivity index (χ2v) is 10.2. The summed E-state index contributed by atoms with van der Waals surface area (Å²) in [5.74, 6) is -0.619. The van der Waals surface area contributed by atoms with E-state index in [0.717, 1.165) is 6.26 Å². The van der Waals surface area contributed by atoms with Crippen LogP contribution in [0.4, 0.5) is 16.2 Å². The third-order valence-electron chi connectivity index (χ3n) is 5.66. The van der Waals surface area contributed by atoms with Crippen molar-refractivity contribution >= 4 is 39.0 Å². The molecule has 180 valence electrons. The van der Waals surface area contributed by atoms with Gasteiger partial charge in [0.05, 0.1) is 4.90 Å². The molecule has 4 N–H and O–H groups in total. The lowest BCUT2D eigenvalue weighted by atomic mass is 10.0. The van der Waals surface area contributed by atoms with Gasteiger partial charge in [-0.05, 0) is 42.8 Å². The van der Waals surface area contributed by atoms with Crippen LogP contribution in [0.3, 0.4) is 0 Å². The molecule has 2 atom stereocenters. The number of carbonyl (C=O) groups excluding carboxylic acids is 2. The number of nitrogens with one attached hydrogen (secondary N) is 2. The number of ether oxygens (including phenoxy) is 1. The minimum atomic E-state index is -3.42. The Bertz CT molecular complexity index is 1420. The van der Waals surface area contributed by atoms with E-state index in [9.17, 15) is 18.0 Å². The molecule has 0 saturated carbocycles. The van der Waals surface area contributed by atoms with Crippen molar-refractivity contribution in [3.05, 3.63) is 78.4 Å². The zero-order chi connectivity index (χ0) is 25.3. The standard InChI is InChI=1S/C25H24N4O5S/c1-15-22(29(25(31)34-15)19-7-5-6-17(14-19)23(26)27)24(30)28-18-12-10-16(11-13-18)20-8-3-4-9-21(20)35(2,32)33/h3-15,22H,1-2H3,(H3,26,27)(H,28,30). The van der Waals surface area contributed by atoms with Gasteiger partial charge in [-0.1, -0.05) is 42.5 Å². The maximum atomic E-state index is 13.2. The molecule has 3 aromatic carbocycles. The number of nitrogens with zero attached hydrogens (tertiary/aromatic N) is 1. The number of nitrogens with two attached hydrogens (primary N) is 1. The number of amidine groups is 1. The minimum Gasteiger partial charge on any atom is -0.443 e. The van der Waals surface area contributed by atoms with Crippen molar-refractivity contribution in [2.24, 2.45) is 5.73 Å². The summed E-state index contributed by atoms with van der Waals surface area (Å²) in [4.78, 5) is 27.2. The number of amides is 2. The number of carbonyl (C=O) groups is 2. The van der Waals surface area contributed by atoms with Crippen LogP contribution in [0.15, 0.2) is 77.7 Å². The maximum absolute atomic E-state index is 13.2. The average molecular weight is 493 g/mol. The Kier molecular flexibility index (Phi) is 6.31. The summed E-state index contributed by atoms with van der Waals surface area (Å²) in [6, 6.07) is 19.0. The highest BCUT2D eigenvalue weighted by atomic mass is 32.2. The van der Waals surface area contributed by atoms with Crippen molar-refractivity contribution in [3.8, 4) is 11.1 Å². The molecule has 0 aromatic heterocycles. The smallest absolute Gasteiger partial charge is 0.415 e. The van der Waals surface area contributed by atoms with E-state index in [1.165, 1.54) is 4.90 Å². The molecule has 2 amide bonds. The molecule has 0 aliphatic carbocycles. The number of rotatable bonds is 6. The number of hydrogen-bond donors (Lipinski definition) is 3. The van der Waals surface area contributed by atoms with Crippen molar-refractivity contribution in [1.82, 2.24) is 0 Å². The molecule has 1 aliphatic rings. The number of hydrogen-bond acceptors (Lipinski definition) is 6. The third kappa shape index (κ3) is 4.87. The monoisotopic (exact) mass is 492 g/mol. The first-order valence-corrected chi connectivity index (χ1v) is 12.6. The predicted molar refractivity (Wildman–Crippen MR) is 133 cm³/mol. The van der Waals surface area contributed by atoms with E-state index in [0.29, 0.717) is 28.1 Å². The molecule has 35 heavy (non-hydrogen) atoms. The Labute approximate surface area is 202 Å². The van der Waals surface area contributed by atoms with Crippen molar-refractivity contribution in [2.45, 2.75) is 24.0 Å². The minimum absolute atomic E-state index is 0.161. The molecular formula is C25H24N4O5S. The van der Waals surface area contributed by atoms with Gasteiger partial charge in [0.25, 0.3) is 5.91 Å². The molecule has 2 unspecified atom stereocenters. The normalized spacial score (nSPS) is 17.7. The fraction of sp³-hybridized carbons (Fsp3) is 0.160. The molecule has 4 rings (SSSR count). The van der Waals surface area contributed by atoms with Gasteiger partial charge in [0.15, 0.2) is 15.9 Å². The first-order valence-electron chi connectivity index (χ1n) is 10.7. The molecular weight excluding hydrogens is 468 g/mol. The summed E-state index contributed by atoms with van der Waals surface area (Å²) in [5, 5.41) is 10.4. The Hall–Kier alpha value is -4.18. The highest BCUT2D eigenvalue weighted by Crippen LogP contribution is 2.30. The first kappa shape index (κ1) is 24.0. The van der Waals surface area contributed by atoms with E-state index >= 15 is 0 Å². The molecule has 0 bridgehead atoms. The lowest BCUT2D eigenvalue weighted by Gasteiger charge is -2.23. The zero-order valence-corrected chi connectivity index (χ0v) is 19.9. The van der Waals surface area contributed by atoms with E-state index in [4.69, 9.17) is 15.9 Å². The molecule has 0 radical (unpaired) electrons. The molecule has 9 nitrogen and oxygen atoms in total. The van der Waals surface area contributed by atoms with E-state index in [1.54, 1.807) is 79.7 Å². The van der Waals surface area contributed by atoms with Gasteiger partial charge in [0, 0.05) is 28.8 Å². The number of cyclic esters (lactones) is 1. The van der Waals surface area contributed by atoms with Gasteiger partial charge in [-0.2, -0.15) is 0 Å². The molecule has 1 fully saturated rings. The van der Waals surface area contributed by atoms with Crippen molar-refractivity contribution < 1.29 is 22.7 Å². The molecule has 3 aromatic rings. The van der Waals surface area contributed by atoms with E-state index in [2.05, 4.69) is 5.32 Å². The predicted octanol–water partition coefficient (Wildman–Crippen LogP) is 3.39. The Morgan fingerprint density at radius 2 is 1.74 bits per heavy atom. The van der Waals surface area contributed by atoms with Crippen LogP contribution in [0.1, 0.15) is 12.5 Å². The van der Waals surface area contributed by atoms with Gasteiger partial charge >= 0.3 is 6.09 Å².